The van der Waals surface area contributed by atoms with Crippen LogP contribution in [0.25, 0.3) is 0 Å². The van der Waals surface area contributed by atoms with Crippen LogP contribution in [0.5, 0.6) is 5.75 Å². The topological polar surface area (TPSA) is 59.6 Å². The molecule has 7 heteroatoms. The largest absolute Gasteiger partial charge is 0.492 e. The van der Waals surface area contributed by atoms with Crippen molar-refractivity contribution >= 4 is 35.6 Å². The molecule has 1 aromatic rings. The van der Waals surface area contributed by atoms with Crippen LogP contribution in [0.3, 0.4) is 0 Å². The minimum Gasteiger partial charge on any atom is -0.492 e. The molecule has 0 spiro atoms. The number of carbonyl (C=O) groups excluding carboxylic acids is 1. The maximum atomic E-state index is 12.0. The van der Waals surface area contributed by atoms with Crippen molar-refractivity contribution in [2.24, 2.45) is 0 Å². The lowest BCUT2D eigenvalue weighted by atomic mass is 10.2. The van der Waals surface area contributed by atoms with Crippen LogP contribution in [-0.4, -0.2) is 38.3 Å². The van der Waals surface area contributed by atoms with Gasteiger partial charge in [-0.2, -0.15) is 0 Å². The van der Waals surface area contributed by atoms with Crippen LogP contribution < -0.4 is 15.4 Å². The van der Waals surface area contributed by atoms with Crippen molar-refractivity contribution < 1.29 is 14.3 Å². The van der Waals surface area contributed by atoms with Crippen molar-refractivity contribution in [2.45, 2.75) is 19.4 Å². The summed E-state index contributed by atoms with van der Waals surface area (Å²) < 4.78 is 10.7. The summed E-state index contributed by atoms with van der Waals surface area (Å²) >= 11 is 6.12. The molecule has 1 aliphatic heterocycles. The third kappa shape index (κ3) is 5.36. The van der Waals surface area contributed by atoms with Crippen molar-refractivity contribution in [3.05, 3.63) is 23.2 Å². The highest BCUT2D eigenvalue weighted by Gasteiger charge is 2.21. The van der Waals surface area contributed by atoms with Crippen molar-refractivity contribution in [1.29, 1.82) is 0 Å². The Bertz CT molecular complexity index is 466. The monoisotopic (exact) mass is 334 g/mol. The lowest BCUT2D eigenvalue weighted by Crippen LogP contribution is -2.48. The molecular formula is C14H20Cl2N2O3. The Morgan fingerprint density at radius 2 is 2.38 bits per heavy atom. The van der Waals surface area contributed by atoms with E-state index in [-0.39, 0.29) is 24.4 Å². The fraction of sp³-hybridized carbons (Fsp3) is 0.500. The van der Waals surface area contributed by atoms with Gasteiger partial charge in [0.2, 0.25) is 5.91 Å². The minimum atomic E-state index is -0.321. The Morgan fingerprint density at radius 3 is 3.00 bits per heavy atom. The van der Waals surface area contributed by atoms with Gasteiger partial charge in [-0.25, -0.2) is 0 Å². The van der Waals surface area contributed by atoms with Gasteiger partial charge in [0.25, 0.3) is 0 Å². The third-order valence-electron chi connectivity index (χ3n) is 2.90. The van der Waals surface area contributed by atoms with Crippen molar-refractivity contribution in [2.75, 3.05) is 31.7 Å². The van der Waals surface area contributed by atoms with Gasteiger partial charge < -0.3 is 20.1 Å². The standard InChI is InChI=1S/C14H19ClN2O3.ClH/c1-2-6-20-13-4-3-10(8-11(13)15)17-14(18)12-9-19-7-5-16-12;/h3-4,8,12,16H,2,5-7,9H2,1H3,(H,17,18);1H. The molecule has 1 aromatic carbocycles. The van der Waals surface area contributed by atoms with Crippen LogP contribution in [0.2, 0.25) is 5.02 Å². The zero-order valence-corrected chi connectivity index (χ0v) is 13.4. The Balaban J connectivity index is 0.00000220. The SMILES string of the molecule is CCCOc1ccc(NC(=O)C2COCCN2)cc1Cl.Cl. The van der Waals surface area contributed by atoms with Crippen molar-refractivity contribution in [3.8, 4) is 5.75 Å². The number of benzene rings is 1. The Morgan fingerprint density at radius 1 is 1.57 bits per heavy atom. The minimum absolute atomic E-state index is 0. The number of rotatable bonds is 5. The van der Waals surface area contributed by atoms with E-state index in [1.165, 1.54) is 0 Å². The van der Waals surface area contributed by atoms with Gasteiger partial charge in [0.1, 0.15) is 11.8 Å². The fourth-order valence-corrected chi connectivity index (χ4v) is 2.11. The average molecular weight is 335 g/mol. The number of hydrogen-bond acceptors (Lipinski definition) is 4. The molecule has 1 unspecified atom stereocenters. The molecule has 1 fully saturated rings. The van der Waals surface area contributed by atoms with Crippen molar-refractivity contribution in [3.63, 3.8) is 0 Å². The maximum absolute atomic E-state index is 12.0. The molecule has 21 heavy (non-hydrogen) atoms. The normalized spacial score (nSPS) is 17.7. The van der Waals surface area contributed by atoms with E-state index < -0.39 is 0 Å². The molecule has 2 rings (SSSR count). The van der Waals surface area contributed by atoms with Gasteiger partial charge in [-0.3, -0.25) is 4.79 Å². The van der Waals surface area contributed by atoms with E-state index in [0.29, 0.717) is 42.8 Å². The van der Waals surface area contributed by atoms with Gasteiger partial charge in [-0.05, 0) is 24.6 Å². The quantitative estimate of drug-likeness (QED) is 0.868. The number of ether oxygens (including phenoxy) is 2. The molecule has 1 saturated heterocycles. The molecule has 5 nitrogen and oxygen atoms in total. The summed E-state index contributed by atoms with van der Waals surface area (Å²) in [6.07, 6.45) is 0.919. The van der Waals surface area contributed by atoms with Crippen LogP contribution in [0.1, 0.15) is 13.3 Å². The fourth-order valence-electron chi connectivity index (χ4n) is 1.87. The zero-order valence-electron chi connectivity index (χ0n) is 11.9. The lowest BCUT2D eigenvalue weighted by Gasteiger charge is -2.23. The predicted octanol–water partition coefficient (Wildman–Crippen LogP) is 2.48. The van der Waals surface area contributed by atoms with Gasteiger partial charge in [0.15, 0.2) is 0 Å². The van der Waals surface area contributed by atoms with Crippen LogP contribution in [0.4, 0.5) is 5.69 Å². The van der Waals surface area contributed by atoms with Crippen LogP contribution in [-0.2, 0) is 9.53 Å². The first-order valence-electron chi connectivity index (χ1n) is 6.75. The van der Waals surface area contributed by atoms with Gasteiger partial charge in [-0.15, -0.1) is 12.4 Å². The number of carbonyl (C=O) groups is 1. The summed E-state index contributed by atoms with van der Waals surface area (Å²) in [7, 11) is 0. The number of amides is 1. The molecule has 0 radical (unpaired) electrons. The molecule has 0 bridgehead atoms. The van der Waals surface area contributed by atoms with Gasteiger partial charge >= 0.3 is 0 Å². The molecule has 1 heterocycles. The summed E-state index contributed by atoms with van der Waals surface area (Å²) in [5, 5.41) is 6.40. The number of anilines is 1. The molecule has 0 aliphatic carbocycles. The first-order valence-corrected chi connectivity index (χ1v) is 7.13. The first-order chi connectivity index (χ1) is 9.70. The highest BCUT2D eigenvalue weighted by molar-refractivity contribution is 6.32. The van der Waals surface area contributed by atoms with Crippen LogP contribution in [0, 0.1) is 0 Å². The number of halogens is 2. The van der Waals surface area contributed by atoms with Crippen LogP contribution in [0.15, 0.2) is 18.2 Å². The third-order valence-corrected chi connectivity index (χ3v) is 3.19. The summed E-state index contributed by atoms with van der Waals surface area (Å²) in [5.74, 6) is 0.508. The van der Waals surface area contributed by atoms with E-state index in [1.807, 2.05) is 6.92 Å². The van der Waals surface area contributed by atoms with Crippen LogP contribution >= 0.6 is 24.0 Å². The smallest absolute Gasteiger partial charge is 0.243 e. The molecular weight excluding hydrogens is 315 g/mol. The summed E-state index contributed by atoms with van der Waals surface area (Å²) in [6.45, 7) is 4.36. The van der Waals surface area contributed by atoms with E-state index in [4.69, 9.17) is 21.1 Å². The molecule has 1 amide bonds. The Kier molecular flexibility index (Phi) is 7.82. The molecule has 1 aliphatic rings. The second-order valence-electron chi connectivity index (χ2n) is 4.56. The Labute approximate surface area is 135 Å². The Hall–Kier alpha value is -1.01. The predicted molar refractivity (Wildman–Crippen MR) is 85.7 cm³/mol. The van der Waals surface area contributed by atoms with E-state index in [9.17, 15) is 4.79 Å². The van der Waals surface area contributed by atoms with Gasteiger partial charge in [0, 0.05) is 12.2 Å². The van der Waals surface area contributed by atoms with E-state index in [1.54, 1.807) is 18.2 Å². The molecule has 0 saturated carbocycles. The molecule has 1 atom stereocenters. The zero-order chi connectivity index (χ0) is 14.4. The second kappa shape index (κ2) is 9.10. The molecule has 118 valence electrons. The molecule has 0 aromatic heterocycles. The second-order valence-corrected chi connectivity index (χ2v) is 4.97. The summed E-state index contributed by atoms with van der Waals surface area (Å²) in [5.41, 5.74) is 0.649. The summed E-state index contributed by atoms with van der Waals surface area (Å²) in [6, 6.07) is 4.91. The van der Waals surface area contributed by atoms with E-state index in [0.717, 1.165) is 6.42 Å². The number of nitrogens with one attached hydrogen (secondary N) is 2. The van der Waals surface area contributed by atoms with Gasteiger partial charge in [0.05, 0.1) is 24.8 Å². The average Bonchev–Trinajstić information content (AvgIpc) is 2.47. The van der Waals surface area contributed by atoms with E-state index >= 15 is 0 Å². The molecule has 2 N–H and O–H groups in total. The number of hydrogen-bond donors (Lipinski definition) is 2. The van der Waals surface area contributed by atoms with E-state index in [2.05, 4.69) is 10.6 Å². The highest BCUT2D eigenvalue weighted by Crippen LogP contribution is 2.27. The van der Waals surface area contributed by atoms with Gasteiger partial charge in [-0.1, -0.05) is 18.5 Å². The summed E-state index contributed by atoms with van der Waals surface area (Å²) in [4.78, 5) is 12.0. The highest BCUT2D eigenvalue weighted by atomic mass is 35.5. The lowest BCUT2D eigenvalue weighted by molar-refractivity contribution is -0.120. The first kappa shape index (κ1) is 18.0. The van der Waals surface area contributed by atoms with Crippen molar-refractivity contribution in [1.82, 2.24) is 5.32 Å². The number of morpholine rings is 1. The maximum Gasteiger partial charge on any atom is 0.243 e.